The fraction of sp³-hybridized carbons (Fsp3) is 0.444. The normalized spacial score (nSPS) is 24.3. The number of rotatable bonds is 6. The van der Waals surface area contributed by atoms with Crippen LogP contribution in [0.1, 0.15) is 18.4 Å². The lowest BCUT2D eigenvalue weighted by atomic mass is 9.85. The van der Waals surface area contributed by atoms with Crippen LogP contribution in [0.25, 0.3) is 0 Å². The number of β-amino-alcohol motifs (C(OH)–C–C–N with tert-alkyl or cyclic N) is 1. The molecule has 0 saturated carbocycles. The Labute approximate surface area is 145 Å². The van der Waals surface area contributed by atoms with E-state index in [-0.39, 0.29) is 36.8 Å². The zero-order valence-electron chi connectivity index (χ0n) is 13.2. The van der Waals surface area contributed by atoms with E-state index >= 15 is 0 Å². The van der Waals surface area contributed by atoms with Crippen molar-refractivity contribution < 1.29 is 19.4 Å². The largest absolute Gasteiger partial charge is 0.389 e. The van der Waals surface area contributed by atoms with Gasteiger partial charge in [-0.15, -0.1) is 0 Å². The second kappa shape index (κ2) is 7.47. The highest BCUT2D eigenvalue weighted by Crippen LogP contribution is 2.35. The molecule has 0 aromatic heterocycles. The monoisotopic (exact) mass is 349 g/mol. The number of imide groups is 1. The number of hydrogen-bond acceptors (Lipinski definition) is 4. The van der Waals surface area contributed by atoms with Gasteiger partial charge in [-0.3, -0.25) is 14.5 Å². The molecule has 0 bridgehead atoms. The Bertz CT molecular complexity index is 617. The molecular weight excluding hydrogens is 330 g/mol. The number of aliphatic hydroxyl groups excluding tert-OH is 1. The van der Waals surface area contributed by atoms with Gasteiger partial charge in [-0.2, -0.15) is 0 Å². The third-order valence-corrected chi connectivity index (χ3v) is 4.74. The molecular formula is C18H20ClNO4. The minimum atomic E-state index is -0.890. The molecule has 0 spiro atoms. The van der Waals surface area contributed by atoms with Crippen LogP contribution in [0, 0.1) is 11.8 Å². The summed E-state index contributed by atoms with van der Waals surface area (Å²) in [4.78, 5) is 25.8. The summed E-state index contributed by atoms with van der Waals surface area (Å²) in [6.45, 7) is 0.393. The van der Waals surface area contributed by atoms with Gasteiger partial charge in [0.15, 0.2) is 0 Å². The van der Waals surface area contributed by atoms with E-state index in [0.717, 1.165) is 5.56 Å². The molecule has 1 aliphatic heterocycles. The molecule has 6 heteroatoms. The maximum Gasteiger partial charge on any atom is 0.233 e. The van der Waals surface area contributed by atoms with Crippen molar-refractivity contribution in [3.8, 4) is 0 Å². The highest BCUT2D eigenvalue weighted by atomic mass is 35.5. The van der Waals surface area contributed by atoms with E-state index in [9.17, 15) is 14.7 Å². The van der Waals surface area contributed by atoms with Crippen molar-refractivity contribution in [2.45, 2.75) is 25.6 Å². The molecule has 2 amide bonds. The van der Waals surface area contributed by atoms with Gasteiger partial charge in [0.2, 0.25) is 11.8 Å². The Hall–Kier alpha value is -1.69. The number of aliphatic hydroxyl groups is 1. The molecule has 1 aliphatic carbocycles. The summed E-state index contributed by atoms with van der Waals surface area (Å²) in [5.74, 6) is -0.869. The second-order valence-electron chi connectivity index (χ2n) is 6.24. The van der Waals surface area contributed by atoms with Gasteiger partial charge in [0.05, 0.1) is 37.7 Å². The van der Waals surface area contributed by atoms with Crippen molar-refractivity contribution in [3.05, 3.63) is 47.0 Å². The lowest BCUT2D eigenvalue weighted by Gasteiger charge is -2.19. The predicted octanol–water partition coefficient (Wildman–Crippen LogP) is 2.17. The van der Waals surface area contributed by atoms with Crippen molar-refractivity contribution in [2.75, 3.05) is 13.2 Å². The molecule has 3 atom stereocenters. The summed E-state index contributed by atoms with van der Waals surface area (Å²) >= 11 is 5.82. The minimum absolute atomic E-state index is 0.00865. The predicted molar refractivity (Wildman–Crippen MR) is 89.2 cm³/mol. The number of benzene rings is 1. The van der Waals surface area contributed by atoms with Crippen molar-refractivity contribution in [1.29, 1.82) is 0 Å². The van der Waals surface area contributed by atoms with Gasteiger partial charge in [0.1, 0.15) is 0 Å². The smallest absolute Gasteiger partial charge is 0.233 e. The average molecular weight is 350 g/mol. The third kappa shape index (κ3) is 3.69. The molecule has 1 aromatic rings. The highest BCUT2D eigenvalue weighted by molar-refractivity contribution is 6.30. The van der Waals surface area contributed by atoms with Gasteiger partial charge < -0.3 is 9.84 Å². The maximum absolute atomic E-state index is 12.3. The number of amides is 2. The van der Waals surface area contributed by atoms with Gasteiger partial charge in [-0.1, -0.05) is 35.9 Å². The number of carbonyl (C=O) groups is 2. The van der Waals surface area contributed by atoms with Crippen LogP contribution in [0.5, 0.6) is 0 Å². The molecule has 3 rings (SSSR count). The first-order chi connectivity index (χ1) is 11.6. The van der Waals surface area contributed by atoms with Crippen LogP contribution in [-0.2, 0) is 20.9 Å². The van der Waals surface area contributed by atoms with Crippen molar-refractivity contribution in [3.63, 3.8) is 0 Å². The zero-order valence-corrected chi connectivity index (χ0v) is 14.0. The van der Waals surface area contributed by atoms with Crippen molar-refractivity contribution >= 4 is 23.4 Å². The van der Waals surface area contributed by atoms with E-state index in [1.807, 2.05) is 24.3 Å². The lowest BCUT2D eigenvalue weighted by molar-refractivity contribution is -0.142. The number of allylic oxidation sites excluding steroid dienone is 2. The number of nitrogens with zero attached hydrogens (tertiary/aromatic N) is 1. The van der Waals surface area contributed by atoms with Crippen molar-refractivity contribution in [2.24, 2.45) is 11.8 Å². The standard InChI is InChI=1S/C18H20ClNO4/c19-13-7-5-12(6-8-13)10-24-11-14(21)9-20-17(22)15-3-1-2-4-16(15)18(20)23/h1-2,5-8,14-16,21H,3-4,9-11H2/t14-,15-,16+/m1/s1. The molecule has 0 unspecified atom stereocenters. The minimum Gasteiger partial charge on any atom is -0.389 e. The fourth-order valence-electron chi connectivity index (χ4n) is 3.21. The van der Waals surface area contributed by atoms with Gasteiger partial charge in [0.25, 0.3) is 0 Å². The van der Waals surface area contributed by atoms with Gasteiger partial charge >= 0.3 is 0 Å². The first-order valence-electron chi connectivity index (χ1n) is 8.06. The summed E-state index contributed by atoms with van der Waals surface area (Å²) < 4.78 is 5.47. The Morgan fingerprint density at radius 2 is 1.71 bits per heavy atom. The summed E-state index contributed by atoms with van der Waals surface area (Å²) in [5, 5.41) is 10.7. The fourth-order valence-corrected chi connectivity index (χ4v) is 3.33. The van der Waals surface area contributed by atoms with E-state index in [1.165, 1.54) is 4.90 Å². The molecule has 24 heavy (non-hydrogen) atoms. The zero-order chi connectivity index (χ0) is 17.1. The molecule has 128 valence electrons. The van der Waals surface area contributed by atoms with Crippen LogP contribution in [0.2, 0.25) is 5.02 Å². The van der Waals surface area contributed by atoms with Crippen molar-refractivity contribution in [1.82, 2.24) is 4.90 Å². The Morgan fingerprint density at radius 1 is 1.12 bits per heavy atom. The Balaban J connectivity index is 1.48. The van der Waals surface area contributed by atoms with Gasteiger partial charge in [0, 0.05) is 5.02 Å². The number of ether oxygens (including phenoxy) is 1. The SMILES string of the molecule is O=C1[C@H]2CC=CC[C@H]2C(=O)N1C[C@@H](O)COCc1ccc(Cl)cc1. The first-order valence-corrected chi connectivity index (χ1v) is 8.44. The average Bonchev–Trinajstić information content (AvgIpc) is 2.82. The van der Waals surface area contributed by atoms with Crippen LogP contribution >= 0.6 is 11.6 Å². The maximum atomic E-state index is 12.3. The van der Waals surface area contributed by atoms with Crippen LogP contribution < -0.4 is 0 Å². The van der Waals surface area contributed by atoms with E-state index in [0.29, 0.717) is 24.5 Å². The van der Waals surface area contributed by atoms with Crippen LogP contribution in [0.3, 0.4) is 0 Å². The number of fused-ring (bicyclic) bond motifs is 1. The lowest BCUT2D eigenvalue weighted by Crippen LogP contribution is -2.39. The number of hydrogen-bond donors (Lipinski definition) is 1. The molecule has 5 nitrogen and oxygen atoms in total. The molecule has 2 aliphatic rings. The second-order valence-corrected chi connectivity index (χ2v) is 6.67. The Morgan fingerprint density at radius 3 is 2.29 bits per heavy atom. The third-order valence-electron chi connectivity index (χ3n) is 4.48. The topological polar surface area (TPSA) is 66.8 Å². The highest BCUT2D eigenvalue weighted by Gasteiger charge is 2.47. The summed E-state index contributed by atoms with van der Waals surface area (Å²) in [6.07, 6.45) is 4.21. The Kier molecular flexibility index (Phi) is 5.33. The molecule has 1 fully saturated rings. The van der Waals surface area contributed by atoms with Gasteiger partial charge in [-0.25, -0.2) is 0 Å². The molecule has 1 saturated heterocycles. The summed E-state index contributed by atoms with van der Waals surface area (Å²) in [5.41, 5.74) is 0.942. The number of carbonyl (C=O) groups excluding carboxylic acids is 2. The molecule has 1 N–H and O–H groups in total. The first kappa shape index (κ1) is 17.1. The van der Waals surface area contributed by atoms with E-state index in [4.69, 9.17) is 16.3 Å². The van der Waals surface area contributed by atoms with E-state index in [2.05, 4.69) is 0 Å². The van der Waals surface area contributed by atoms with Crippen LogP contribution in [0.4, 0.5) is 0 Å². The van der Waals surface area contributed by atoms with E-state index in [1.54, 1.807) is 12.1 Å². The summed E-state index contributed by atoms with van der Waals surface area (Å²) in [6, 6.07) is 7.24. The quantitative estimate of drug-likeness (QED) is 0.631. The van der Waals surface area contributed by atoms with Gasteiger partial charge in [-0.05, 0) is 30.5 Å². The number of halogens is 1. The van der Waals surface area contributed by atoms with Crippen LogP contribution in [0.15, 0.2) is 36.4 Å². The number of likely N-dealkylation sites (tertiary alicyclic amines) is 1. The molecule has 1 aromatic carbocycles. The summed E-state index contributed by atoms with van der Waals surface area (Å²) in [7, 11) is 0. The van der Waals surface area contributed by atoms with E-state index < -0.39 is 6.10 Å². The molecule has 1 heterocycles. The van der Waals surface area contributed by atoms with Crippen LogP contribution in [-0.4, -0.2) is 41.1 Å². The molecule has 0 radical (unpaired) electrons.